The zero-order valence-corrected chi connectivity index (χ0v) is 7.87. The fourth-order valence-electron chi connectivity index (χ4n) is 1.13. The van der Waals surface area contributed by atoms with E-state index in [1.165, 1.54) is 0 Å². The van der Waals surface area contributed by atoms with Gasteiger partial charge in [0.15, 0.2) is 5.69 Å². The van der Waals surface area contributed by atoms with Gasteiger partial charge in [-0.05, 0) is 12.8 Å². The second-order valence-electron chi connectivity index (χ2n) is 3.15. The minimum Gasteiger partial charge on any atom is -0.235 e. The number of thiazole rings is 1. The number of nitrogens with zero attached hydrogens (tertiary/aromatic N) is 1. The van der Waals surface area contributed by atoms with Gasteiger partial charge in [-0.1, -0.05) is 5.92 Å². The van der Waals surface area contributed by atoms with E-state index in [1.54, 1.807) is 0 Å². The van der Waals surface area contributed by atoms with E-state index in [1.807, 2.05) is 5.92 Å². The Morgan fingerprint density at radius 2 is 2.07 bits per heavy atom. The highest BCUT2D eigenvalue weighted by Crippen LogP contribution is 2.44. The van der Waals surface area contributed by atoms with E-state index < -0.39 is 11.9 Å². The van der Waals surface area contributed by atoms with E-state index >= 15 is 0 Å². The molecule has 0 N–H and O–H groups in total. The molecule has 74 valence electrons. The first-order chi connectivity index (χ1) is 6.52. The van der Waals surface area contributed by atoms with Gasteiger partial charge in [-0.3, -0.25) is 0 Å². The Bertz CT molecular complexity index is 395. The van der Waals surface area contributed by atoms with Crippen LogP contribution in [-0.4, -0.2) is 4.98 Å². The summed E-state index contributed by atoms with van der Waals surface area (Å²) in [5.41, 5.74) is -0.896. The normalized spacial score (nSPS) is 16.7. The molecule has 0 radical (unpaired) electrons. The molecule has 1 aliphatic rings. The average Bonchev–Trinajstić information content (AvgIpc) is 2.83. The van der Waals surface area contributed by atoms with Crippen molar-refractivity contribution in [2.75, 3.05) is 0 Å². The minimum atomic E-state index is -4.43. The molecular formula is C9H6F3NS. The van der Waals surface area contributed by atoms with Crippen LogP contribution in [0.3, 0.4) is 0 Å². The van der Waals surface area contributed by atoms with Crippen molar-refractivity contribution in [2.45, 2.75) is 24.9 Å². The van der Waals surface area contributed by atoms with Gasteiger partial charge in [0.05, 0.1) is 5.01 Å². The predicted octanol–water partition coefficient (Wildman–Crippen LogP) is 3.02. The van der Waals surface area contributed by atoms with Gasteiger partial charge in [0, 0.05) is 5.92 Å². The fraction of sp³-hybridized carbons (Fsp3) is 0.444. The molecule has 1 heterocycles. The largest absolute Gasteiger partial charge is 0.435 e. The molecular weight excluding hydrogens is 211 g/mol. The lowest BCUT2D eigenvalue weighted by molar-refractivity contribution is -0.141. The van der Waals surface area contributed by atoms with Gasteiger partial charge in [-0.15, -0.1) is 17.8 Å². The quantitative estimate of drug-likeness (QED) is 0.659. The molecule has 0 spiro atoms. The standard InChI is InChI=1S/C9H6F3NS/c1-2-6-7(9(10,11)12)13-8(14-6)5-3-4-5/h1,5H,3-4H2. The van der Waals surface area contributed by atoms with Crippen LogP contribution >= 0.6 is 11.3 Å². The van der Waals surface area contributed by atoms with Crippen LogP contribution in [0.4, 0.5) is 13.2 Å². The summed E-state index contributed by atoms with van der Waals surface area (Å²) in [5.74, 6) is 2.25. The smallest absolute Gasteiger partial charge is 0.235 e. The summed E-state index contributed by atoms with van der Waals surface area (Å²) in [6.45, 7) is 0. The van der Waals surface area contributed by atoms with Crippen LogP contribution in [0.5, 0.6) is 0 Å². The van der Waals surface area contributed by atoms with E-state index in [-0.39, 0.29) is 10.8 Å². The van der Waals surface area contributed by atoms with Crippen molar-refractivity contribution >= 4 is 11.3 Å². The predicted molar refractivity (Wildman–Crippen MR) is 47.0 cm³/mol. The maximum atomic E-state index is 12.4. The van der Waals surface area contributed by atoms with E-state index in [0.717, 1.165) is 24.2 Å². The number of hydrogen-bond donors (Lipinski definition) is 0. The van der Waals surface area contributed by atoms with E-state index in [4.69, 9.17) is 6.42 Å². The van der Waals surface area contributed by atoms with Crippen LogP contribution in [0, 0.1) is 12.3 Å². The van der Waals surface area contributed by atoms with Gasteiger partial charge in [0.2, 0.25) is 0 Å². The van der Waals surface area contributed by atoms with Gasteiger partial charge in [-0.2, -0.15) is 13.2 Å². The lowest BCUT2D eigenvalue weighted by Gasteiger charge is -2.01. The molecule has 0 amide bonds. The maximum Gasteiger partial charge on any atom is 0.435 e. The first-order valence-electron chi connectivity index (χ1n) is 4.07. The van der Waals surface area contributed by atoms with Crippen LogP contribution in [0.25, 0.3) is 0 Å². The van der Waals surface area contributed by atoms with Gasteiger partial charge < -0.3 is 0 Å². The zero-order valence-electron chi connectivity index (χ0n) is 7.06. The molecule has 0 atom stereocenters. The van der Waals surface area contributed by atoms with Gasteiger partial charge in [0.1, 0.15) is 4.88 Å². The molecule has 1 saturated carbocycles. The average molecular weight is 217 g/mol. The van der Waals surface area contributed by atoms with Crippen LogP contribution in [0.2, 0.25) is 0 Å². The van der Waals surface area contributed by atoms with E-state index in [2.05, 4.69) is 4.98 Å². The lowest BCUT2D eigenvalue weighted by Crippen LogP contribution is -2.07. The summed E-state index contributed by atoms with van der Waals surface area (Å²) < 4.78 is 37.1. The third kappa shape index (κ3) is 1.62. The molecule has 1 nitrogen and oxygen atoms in total. The molecule has 0 aliphatic heterocycles. The molecule has 0 aromatic carbocycles. The molecule has 2 rings (SSSR count). The van der Waals surface area contributed by atoms with E-state index in [0.29, 0.717) is 5.01 Å². The third-order valence-electron chi connectivity index (χ3n) is 1.97. The Morgan fingerprint density at radius 1 is 1.43 bits per heavy atom. The Kier molecular flexibility index (Phi) is 2.04. The minimum absolute atomic E-state index is 0.0978. The van der Waals surface area contributed by atoms with Crippen molar-refractivity contribution in [3.63, 3.8) is 0 Å². The van der Waals surface area contributed by atoms with Gasteiger partial charge >= 0.3 is 6.18 Å². The molecule has 1 fully saturated rings. The highest BCUT2D eigenvalue weighted by atomic mass is 32.1. The summed E-state index contributed by atoms with van der Waals surface area (Å²) in [5, 5.41) is 0.533. The highest BCUT2D eigenvalue weighted by Gasteiger charge is 2.39. The molecule has 1 aromatic rings. The number of hydrogen-bond acceptors (Lipinski definition) is 2. The van der Waals surface area contributed by atoms with Crippen molar-refractivity contribution in [3.05, 3.63) is 15.6 Å². The van der Waals surface area contributed by atoms with Gasteiger partial charge in [-0.25, -0.2) is 4.98 Å². The number of alkyl halides is 3. The van der Waals surface area contributed by atoms with E-state index in [9.17, 15) is 13.2 Å². The second-order valence-corrected chi connectivity index (χ2v) is 4.18. The van der Waals surface area contributed by atoms with Crippen molar-refractivity contribution in [1.82, 2.24) is 4.98 Å². The summed E-state index contributed by atoms with van der Waals surface area (Å²) in [6.07, 6.45) is 2.43. The molecule has 14 heavy (non-hydrogen) atoms. The first-order valence-corrected chi connectivity index (χ1v) is 4.88. The Morgan fingerprint density at radius 3 is 2.43 bits per heavy atom. The van der Waals surface area contributed by atoms with Crippen molar-refractivity contribution in [1.29, 1.82) is 0 Å². The Labute approximate surface area is 83.0 Å². The maximum absolute atomic E-state index is 12.4. The summed E-state index contributed by atoms with van der Waals surface area (Å²) in [6, 6.07) is 0. The SMILES string of the molecule is C#Cc1sc(C2CC2)nc1C(F)(F)F. The van der Waals surface area contributed by atoms with Crippen LogP contribution in [-0.2, 0) is 6.18 Å². The molecule has 0 unspecified atom stereocenters. The molecule has 5 heteroatoms. The topological polar surface area (TPSA) is 12.9 Å². The van der Waals surface area contributed by atoms with Crippen molar-refractivity contribution < 1.29 is 13.2 Å². The van der Waals surface area contributed by atoms with Crippen LogP contribution in [0.1, 0.15) is 34.3 Å². The van der Waals surface area contributed by atoms with Crippen LogP contribution in [0.15, 0.2) is 0 Å². The highest BCUT2D eigenvalue weighted by molar-refractivity contribution is 7.12. The molecule has 1 aliphatic carbocycles. The number of rotatable bonds is 1. The fourth-order valence-corrected chi connectivity index (χ4v) is 2.20. The summed E-state index contributed by atoms with van der Waals surface area (Å²) in [4.78, 5) is 3.47. The summed E-state index contributed by atoms with van der Waals surface area (Å²) in [7, 11) is 0. The molecule has 1 aromatic heterocycles. The summed E-state index contributed by atoms with van der Waals surface area (Å²) >= 11 is 0.990. The third-order valence-corrected chi connectivity index (χ3v) is 3.12. The first kappa shape index (κ1) is 9.53. The van der Waals surface area contributed by atoms with Crippen molar-refractivity contribution in [2.24, 2.45) is 0 Å². The Hall–Kier alpha value is -1.02. The number of aromatic nitrogens is 1. The zero-order chi connectivity index (χ0) is 10.3. The molecule has 0 saturated heterocycles. The molecule has 0 bridgehead atoms. The monoisotopic (exact) mass is 217 g/mol. The number of halogens is 3. The van der Waals surface area contributed by atoms with Crippen LogP contribution < -0.4 is 0 Å². The van der Waals surface area contributed by atoms with Crippen molar-refractivity contribution in [3.8, 4) is 12.3 Å². The Balaban J connectivity index is 2.43. The second kappa shape index (κ2) is 2.99. The van der Waals surface area contributed by atoms with Gasteiger partial charge in [0.25, 0.3) is 0 Å². The lowest BCUT2D eigenvalue weighted by atomic mass is 10.3. The number of terminal acetylenes is 1.